The summed E-state index contributed by atoms with van der Waals surface area (Å²) in [6, 6.07) is 0.0545. The topological polar surface area (TPSA) is 241 Å². The molecule has 11 N–H and O–H groups in total. The maximum absolute atomic E-state index is 12.8. The van der Waals surface area contributed by atoms with E-state index in [2.05, 4.69) is 11.4 Å². The number of aliphatic hydroxyl groups is 7. The van der Waals surface area contributed by atoms with Crippen LogP contribution < -0.4 is 11.1 Å². The minimum Gasteiger partial charge on any atom is -0.511 e. The summed E-state index contributed by atoms with van der Waals surface area (Å²) in [4.78, 5) is 27.3. The lowest BCUT2D eigenvalue weighted by Gasteiger charge is -2.53. The Morgan fingerprint density at radius 1 is 1.00 bits per heavy atom. The molecule has 336 valence electrons. The van der Waals surface area contributed by atoms with Gasteiger partial charge < -0.3 is 51.7 Å². The number of nitrogens with two attached hydrogens (primary N) is 1. The molecule has 13 unspecified atom stereocenters. The number of hydrogen-bond donors (Lipinski definition) is 10. The van der Waals surface area contributed by atoms with Crippen molar-refractivity contribution in [3.63, 3.8) is 0 Å². The number of allylic oxidation sites excluding steroid dienone is 2. The fourth-order valence-electron chi connectivity index (χ4n) is 10.1. The van der Waals surface area contributed by atoms with Crippen molar-refractivity contribution in [3.05, 3.63) is 70.6 Å². The summed E-state index contributed by atoms with van der Waals surface area (Å²) in [5, 5.41) is 86.9. The Labute approximate surface area is 357 Å². The zero-order valence-electron chi connectivity index (χ0n) is 36.6. The highest BCUT2D eigenvalue weighted by atomic mass is 16.3. The van der Waals surface area contributed by atoms with Gasteiger partial charge >= 0.3 is 0 Å². The maximum Gasteiger partial charge on any atom is 0.258 e. The molecule has 2 aliphatic carbocycles. The van der Waals surface area contributed by atoms with E-state index in [1.54, 1.807) is 31.2 Å². The number of nitrogens with one attached hydrogen (secondary N) is 2. The molecule has 0 aromatic rings. The lowest BCUT2D eigenvalue weighted by Crippen LogP contribution is -2.50. The Morgan fingerprint density at radius 2 is 1.70 bits per heavy atom. The van der Waals surface area contributed by atoms with Gasteiger partial charge in [-0.1, -0.05) is 75.3 Å². The molecule has 1 amide bonds. The normalized spacial score (nSPS) is 31.1. The maximum atomic E-state index is 12.8. The number of carbonyl (C=O) groups excluding carboxylic acids is 2. The van der Waals surface area contributed by atoms with Gasteiger partial charge in [0.15, 0.2) is 11.7 Å². The van der Waals surface area contributed by atoms with Crippen molar-refractivity contribution in [1.29, 1.82) is 5.41 Å². The summed E-state index contributed by atoms with van der Waals surface area (Å²) >= 11 is 0. The van der Waals surface area contributed by atoms with Crippen molar-refractivity contribution in [2.45, 2.75) is 155 Å². The minimum atomic E-state index is -0.954. The van der Waals surface area contributed by atoms with E-state index < -0.39 is 53.7 Å². The molecule has 13 atom stereocenters. The molecule has 0 spiro atoms. The first-order valence-corrected chi connectivity index (χ1v) is 22.1. The van der Waals surface area contributed by atoms with E-state index in [0.29, 0.717) is 44.1 Å². The summed E-state index contributed by atoms with van der Waals surface area (Å²) in [7, 11) is 0. The number of guanidine groups is 1. The number of ketones is 1. The SMILES string of the molecule is CC1=CC2C(O)CCCC2C(C)(/C(O)=C2/C(=O)CNC2=O)C1CCC(C)C(O)/C(C)=C/CC(O)/C=C/C(C)C(O)/C=C/CC(O)/C(C)=C/CC(O)CC1CCCN1C(=N)N. The second-order valence-corrected chi connectivity index (χ2v) is 18.4. The van der Waals surface area contributed by atoms with E-state index in [1.807, 2.05) is 51.7 Å². The number of likely N-dealkylation sites (tertiary alicyclic amines) is 1. The Bertz CT molecular complexity index is 1680. The Balaban J connectivity index is 1.27. The monoisotopic (exact) mass is 839 g/mol. The van der Waals surface area contributed by atoms with Gasteiger partial charge in [0.1, 0.15) is 11.3 Å². The van der Waals surface area contributed by atoms with Gasteiger partial charge in [0.25, 0.3) is 5.91 Å². The van der Waals surface area contributed by atoms with Crippen LogP contribution in [0.2, 0.25) is 0 Å². The molecule has 2 aliphatic heterocycles. The zero-order valence-corrected chi connectivity index (χ0v) is 36.6. The molecule has 2 saturated heterocycles. The van der Waals surface area contributed by atoms with Crippen LogP contribution in [0.3, 0.4) is 0 Å². The van der Waals surface area contributed by atoms with Gasteiger partial charge in [0.2, 0.25) is 0 Å². The molecule has 2 heterocycles. The first kappa shape index (κ1) is 49.1. The molecule has 4 rings (SSSR count). The number of fused-ring (bicyclic) bond motifs is 1. The minimum absolute atomic E-state index is 0.0326. The van der Waals surface area contributed by atoms with E-state index >= 15 is 0 Å². The largest absolute Gasteiger partial charge is 0.511 e. The van der Waals surface area contributed by atoms with Gasteiger partial charge in [-0.05, 0) is 114 Å². The van der Waals surface area contributed by atoms with Crippen LogP contribution in [0.25, 0.3) is 0 Å². The number of carbonyl (C=O) groups is 2. The molecule has 60 heavy (non-hydrogen) atoms. The van der Waals surface area contributed by atoms with E-state index in [9.17, 15) is 45.3 Å². The predicted molar refractivity (Wildman–Crippen MR) is 233 cm³/mol. The predicted octanol–water partition coefficient (Wildman–Crippen LogP) is 4.64. The quantitative estimate of drug-likeness (QED) is 0.0215. The van der Waals surface area contributed by atoms with Crippen LogP contribution in [0.4, 0.5) is 0 Å². The van der Waals surface area contributed by atoms with Crippen LogP contribution in [-0.2, 0) is 9.59 Å². The average molecular weight is 839 g/mol. The number of hydrogen-bond acceptors (Lipinski definition) is 10. The number of Topliss-reactive ketones (excluding diaryl/α,β-unsaturated/α-hetero) is 1. The number of rotatable bonds is 19. The first-order valence-electron chi connectivity index (χ1n) is 22.1. The highest BCUT2D eigenvalue weighted by Crippen LogP contribution is 2.58. The van der Waals surface area contributed by atoms with Crippen LogP contribution >= 0.6 is 0 Å². The van der Waals surface area contributed by atoms with Crippen molar-refractivity contribution in [3.8, 4) is 0 Å². The molecule has 4 aliphatic rings. The van der Waals surface area contributed by atoms with Gasteiger partial charge in [0, 0.05) is 29.8 Å². The van der Waals surface area contributed by atoms with Gasteiger partial charge in [-0.3, -0.25) is 15.0 Å². The van der Waals surface area contributed by atoms with Crippen molar-refractivity contribution < 1.29 is 45.3 Å². The fourth-order valence-corrected chi connectivity index (χ4v) is 10.1. The van der Waals surface area contributed by atoms with Crippen molar-refractivity contribution in [2.24, 2.45) is 40.7 Å². The smallest absolute Gasteiger partial charge is 0.258 e. The van der Waals surface area contributed by atoms with Crippen LogP contribution in [0.5, 0.6) is 0 Å². The van der Waals surface area contributed by atoms with Gasteiger partial charge in [-0.25, -0.2) is 0 Å². The van der Waals surface area contributed by atoms with Crippen LogP contribution in [0.15, 0.2) is 70.6 Å². The second-order valence-electron chi connectivity index (χ2n) is 18.4. The third kappa shape index (κ3) is 12.1. The number of amides is 1. The van der Waals surface area contributed by atoms with Crippen molar-refractivity contribution in [1.82, 2.24) is 10.2 Å². The van der Waals surface area contributed by atoms with Crippen LogP contribution in [0.1, 0.15) is 112 Å². The molecule has 1 saturated carbocycles. The van der Waals surface area contributed by atoms with Crippen LogP contribution in [-0.4, -0.2) is 114 Å². The standard InChI is InChI=1S/C47H74N4O9/c1-27(38(54)12-8-13-39(55)28(2)16-21-34(53)25-32-10-9-23-51(32)46(48)49)15-19-33(52)20-17-29(3)43(58)30(4)18-22-36-31(5)24-35-37(11-7-14-40(35)56)47(36,6)44(59)42-41(57)26-50-45(42)60/h8,12,15-17,19,24,27,30,32-40,43,52-56,58-59H,7,9-11,13-14,18,20-23,25-26H2,1-6H3,(H3,48,49)(H,50,60)/b12-8+,19-15+,28-16+,29-17+,44-42+. The molecular weight excluding hydrogens is 765 g/mol. The average Bonchev–Trinajstić information content (AvgIpc) is 3.82. The first-order chi connectivity index (χ1) is 28.3. The van der Waals surface area contributed by atoms with Gasteiger partial charge in [-0.15, -0.1) is 0 Å². The summed E-state index contributed by atoms with van der Waals surface area (Å²) < 4.78 is 0. The Hall–Kier alpha value is -3.59. The molecule has 13 heteroatoms. The third-order valence-corrected chi connectivity index (χ3v) is 14.0. The van der Waals surface area contributed by atoms with Crippen molar-refractivity contribution in [2.75, 3.05) is 13.1 Å². The molecule has 3 fully saturated rings. The molecule has 0 radical (unpaired) electrons. The van der Waals surface area contributed by atoms with Crippen LogP contribution in [0, 0.1) is 40.4 Å². The molecule has 0 aromatic heterocycles. The Morgan fingerprint density at radius 3 is 2.37 bits per heavy atom. The summed E-state index contributed by atoms with van der Waals surface area (Å²) in [6.45, 7) is 11.9. The molecule has 0 bridgehead atoms. The summed E-state index contributed by atoms with van der Waals surface area (Å²) in [5.41, 5.74) is 6.95. The lowest BCUT2D eigenvalue weighted by molar-refractivity contribution is -0.118. The highest BCUT2D eigenvalue weighted by Gasteiger charge is 2.55. The fraction of sp³-hybridized carbons (Fsp3) is 0.681. The zero-order chi connectivity index (χ0) is 44.5. The number of aliphatic hydroxyl groups excluding tert-OH is 7. The van der Waals surface area contributed by atoms with E-state index in [0.717, 1.165) is 43.4 Å². The summed E-state index contributed by atoms with van der Waals surface area (Å²) in [5.74, 6) is -2.23. The molecule has 13 nitrogen and oxygen atoms in total. The van der Waals surface area contributed by atoms with Gasteiger partial charge in [-0.2, -0.15) is 0 Å². The highest BCUT2D eigenvalue weighted by molar-refractivity contribution is 6.25. The molecular formula is C47H74N4O9. The third-order valence-electron chi connectivity index (χ3n) is 14.0. The summed E-state index contributed by atoms with van der Waals surface area (Å²) in [6.07, 6.45) is 14.7. The number of nitrogens with zero attached hydrogens (tertiary/aromatic N) is 1. The van der Waals surface area contributed by atoms with E-state index in [4.69, 9.17) is 11.1 Å². The van der Waals surface area contributed by atoms with E-state index in [-0.39, 0.29) is 65.9 Å². The Kier molecular flexibility index (Phi) is 18.0. The van der Waals surface area contributed by atoms with E-state index in [1.165, 1.54) is 0 Å². The van der Waals surface area contributed by atoms with Crippen molar-refractivity contribution >= 4 is 17.6 Å². The second kappa shape index (κ2) is 22.0. The lowest BCUT2D eigenvalue weighted by atomic mass is 9.52. The molecule has 0 aromatic carbocycles. The van der Waals surface area contributed by atoms with Gasteiger partial charge in [0.05, 0.1) is 43.2 Å².